The molecular formula is C25H28ClN5O2S. The number of halogens is 1. The number of aliphatic imine (C=N–C) groups is 1. The number of amides is 1. The van der Waals surface area contributed by atoms with Crippen molar-refractivity contribution in [2.45, 2.75) is 39.7 Å². The van der Waals surface area contributed by atoms with Crippen molar-refractivity contribution in [1.82, 2.24) is 19.7 Å². The number of ether oxygens (including phenoxy) is 1. The Morgan fingerprint density at radius 2 is 1.91 bits per heavy atom. The van der Waals surface area contributed by atoms with Gasteiger partial charge < -0.3 is 9.64 Å². The molecule has 3 aliphatic rings. The molecule has 2 atom stereocenters. The zero-order chi connectivity index (χ0) is 23.8. The van der Waals surface area contributed by atoms with E-state index in [1.165, 1.54) is 21.0 Å². The highest BCUT2D eigenvalue weighted by atomic mass is 35.5. The van der Waals surface area contributed by atoms with Crippen molar-refractivity contribution >= 4 is 35.1 Å². The molecule has 3 aromatic rings. The van der Waals surface area contributed by atoms with Crippen molar-refractivity contribution in [3.63, 3.8) is 0 Å². The van der Waals surface area contributed by atoms with Gasteiger partial charge in [0, 0.05) is 34.1 Å². The highest BCUT2D eigenvalue weighted by molar-refractivity contribution is 7.15. The minimum atomic E-state index is -0.0726. The van der Waals surface area contributed by atoms with Crippen LogP contribution in [0.5, 0.6) is 0 Å². The first kappa shape index (κ1) is 23.2. The molecule has 4 heterocycles. The van der Waals surface area contributed by atoms with Crippen LogP contribution in [0.25, 0.3) is 5.00 Å². The third-order valence-electron chi connectivity index (χ3n) is 6.47. The first-order valence-electron chi connectivity index (χ1n) is 11.6. The highest BCUT2D eigenvalue weighted by Gasteiger charge is 2.34. The number of carbonyl (C=O) groups excluding carboxylic acids is 1. The fraction of sp³-hybridized carbons (Fsp3) is 0.440. The van der Waals surface area contributed by atoms with Gasteiger partial charge in [0.05, 0.1) is 18.9 Å². The lowest BCUT2D eigenvalue weighted by Crippen LogP contribution is -2.34. The average Bonchev–Trinajstić information content (AvgIpc) is 3.48. The van der Waals surface area contributed by atoms with E-state index < -0.39 is 0 Å². The van der Waals surface area contributed by atoms with E-state index >= 15 is 0 Å². The van der Waals surface area contributed by atoms with Gasteiger partial charge in [-0.2, -0.15) is 0 Å². The number of morpholine rings is 1. The summed E-state index contributed by atoms with van der Waals surface area (Å²) in [6.45, 7) is 9.31. The largest absolute Gasteiger partial charge is 0.378 e. The monoisotopic (exact) mass is 497 g/mol. The maximum absolute atomic E-state index is 10.0. The second-order valence-corrected chi connectivity index (χ2v) is 10.5. The minimum Gasteiger partial charge on any atom is -0.378 e. The summed E-state index contributed by atoms with van der Waals surface area (Å²) in [6, 6.07) is 7.93. The van der Waals surface area contributed by atoms with Crippen molar-refractivity contribution in [3.8, 4) is 5.00 Å². The van der Waals surface area contributed by atoms with E-state index in [2.05, 4.69) is 34.7 Å². The zero-order valence-electron chi connectivity index (χ0n) is 19.6. The smallest absolute Gasteiger partial charge is 0.209 e. The lowest BCUT2D eigenvalue weighted by atomic mass is 9.98. The molecule has 34 heavy (non-hydrogen) atoms. The number of hydrogen-bond acceptors (Lipinski definition) is 6. The number of fused-ring (bicyclic) bond motifs is 5. The minimum absolute atomic E-state index is 0.0726. The molecule has 0 saturated carbocycles. The molecule has 2 aromatic heterocycles. The molecule has 7 nitrogen and oxygen atoms in total. The fourth-order valence-electron chi connectivity index (χ4n) is 4.77. The molecule has 0 N–H and O–H groups in total. The van der Waals surface area contributed by atoms with E-state index in [1.54, 1.807) is 4.90 Å². The van der Waals surface area contributed by atoms with Gasteiger partial charge >= 0.3 is 0 Å². The summed E-state index contributed by atoms with van der Waals surface area (Å²) >= 11 is 8.44. The van der Waals surface area contributed by atoms with Gasteiger partial charge in [-0.15, -0.1) is 21.5 Å². The van der Waals surface area contributed by atoms with E-state index in [-0.39, 0.29) is 6.04 Å². The topological polar surface area (TPSA) is 72.6 Å². The van der Waals surface area contributed by atoms with E-state index in [9.17, 15) is 4.79 Å². The Bertz CT molecular complexity index is 1240. The summed E-state index contributed by atoms with van der Waals surface area (Å²) in [5, 5.41) is 10.7. The summed E-state index contributed by atoms with van der Waals surface area (Å²) < 4.78 is 7.20. The van der Waals surface area contributed by atoms with Gasteiger partial charge in [0.2, 0.25) is 6.41 Å². The number of rotatable bonds is 2. The second-order valence-electron chi connectivity index (χ2n) is 9.03. The molecular weight excluding hydrogens is 470 g/mol. The summed E-state index contributed by atoms with van der Waals surface area (Å²) in [5.74, 6) is 2.49. The Hall–Kier alpha value is -2.55. The van der Waals surface area contributed by atoms with Gasteiger partial charge in [-0.05, 0) is 44.2 Å². The van der Waals surface area contributed by atoms with Crippen LogP contribution >= 0.6 is 22.9 Å². The molecule has 2 aliphatic heterocycles. The number of benzene rings is 1. The zero-order valence-corrected chi connectivity index (χ0v) is 21.2. The van der Waals surface area contributed by atoms with Gasteiger partial charge in [-0.1, -0.05) is 36.7 Å². The first-order valence-corrected chi connectivity index (χ1v) is 12.8. The van der Waals surface area contributed by atoms with Gasteiger partial charge in [0.1, 0.15) is 16.9 Å². The molecule has 0 spiro atoms. The standard InChI is InChI=1S/C20H19ClN4S.C5H9NO2/c1-10-8-14-16(9-10)26-20-17(14)18(13-6-4-5-7-15(13)21)22-11(2)19-24-23-12(3)25(19)20;7-5-6-1-3-8-4-2-6/h4-7,10-11H,8-9H2,1-3H3;5H,1-4H2/t10-,11+;/m0./s1. The predicted molar refractivity (Wildman–Crippen MR) is 135 cm³/mol. The van der Waals surface area contributed by atoms with Crippen LogP contribution in [0.3, 0.4) is 0 Å². The Morgan fingerprint density at radius 3 is 2.62 bits per heavy atom. The Kier molecular flexibility index (Phi) is 6.55. The van der Waals surface area contributed by atoms with Crippen LogP contribution in [0.4, 0.5) is 0 Å². The van der Waals surface area contributed by atoms with Crippen molar-refractivity contribution < 1.29 is 9.53 Å². The van der Waals surface area contributed by atoms with Crippen LogP contribution in [0, 0.1) is 12.8 Å². The Labute approximate surface area is 208 Å². The van der Waals surface area contributed by atoms with Crippen molar-refractivity contribution in [1.29, 1.82) is 0 Å². The van der Waals surface area contributed by atoms with Gasteiger partial charge in [-0.25, -0.2) is 0 Å². The van der Waals surface area contributed by atoms with Crippen LogP contribution in [0.1, 0.15) is 53.1 Å². The predicted octanol–water partition coefficient (Wildman–Crippen LogP) is 4.41. The van der Waals surface area contributed by atoms with Crippen LogP contribution in [0.15, 0.2) is 29.3 Å². The number of thiophene rings is 1. The SMILES string of the molecule is Cc1nnc2n1-c1sc3c(c1C(c1ccccc1Cl)=N[C@@H]2C)C[C@H](C)C3.O=CN1CCOCC1. The highest BCUT2D eigenvalue weighted by Crippen LogP contribution is 2.44. The number of hydrogen-bond donors (Lipinski definition) is 0. The average molecular weight is 498 g/mol. The molecule has 0 unspecified atom stereocenters. The van der Waals surface area contributed by atoms with Crippen LogP contribution in [-0.4, -0.2) is 58.1 Å². The lowest BCUT2D eigenvalue weighted by Gasteiger charge is -2.21. The molecule has 0 bridgehead atoms. The molecule has 178 valence electrons. The van der Waals surface area contributed by atoms with Crippen LogP contribution in [-0.2, 0) is 22.4 Å². The summed E-state index contributed by atoms with van der Waals surface area (Å²) in [7, 11) is 0. The molecule has 1 aromatic carbocycles. The number of carbonyl (C=O) groups is 1. The Balaban J connectivity index is 0.000000257. The maximum atomic E-state index is 10.0. The summed E-state index contributed by atoms with van der Waals surface area (Å²) in [4.78, 5) is 18.3. The third kappa shape index (κ3) is 4.19. The number of aryl methyl sites for hydroxylation is 1. The van der Waals surface area contributed by atoms with E-state index in [4.69, 9.17) is 21.3 Å². The second kappa shape index (κ2) is 9.60. The molecule has 1 aliphatic carbocycles. The number of nitrogens with zero attached hydrogens (tertiary/aromatic N) is 5. The fourth-order valence-corrected chi connectivity index (χ4v) is 6.55. The third-order valence-corrected chi connectivity index (χ3v) is 8.04. The van der Waals surface area contributed by atoms with Crippen molar-refractivity contribution in [2.24, 2.45) is 10.9 Å². The molecule has 1 fully saturated rings. The van der Waals surface area contributed by atoms with E-state index in [0.717, 1.165) is 60.3 Å². The normalized spacial score (nSPS) is 20.9. The van der Waals surface area contributed by atoms with E-state index in [1.807, 2.05) is 36.5 Å². The summed E-state index contributed by atoms with van der Waals surface area (Å²) in [6.07, 6.45) is 3.09. The van der Waals surface area contributed by atoms with Crippen molar-refractivity contribution in [3.05, 3.63) is 62.5 Å². The molecule has 9 heteroatoms. The van der Waals surface area contributed by atoms with Gasteiger partial charge in [-0.3, -0.25) is 14.4 Å². The molecule has 6 rings (SSSR count). The van der Waals surface area contributed by atoms with Gasteiger partial charge in [0.25, 0.3) is 0 Å². The molecule has 1 saturated heterocycles. The quantitative estimate of drug-likeness (QED) is 0.491. The molecule has 0 radical (unpaired) electrons. The van der Waals surface area contributed by atoms with Gasteiger partial charge in [0.15, 0.2) is 5.82 Å². The summed E-state index contributed by atoms with van der Waals surface area (Å²) in [5.41, 5.74) is 4.66. The Morgan fingerprint density at radius 1 is 1.15 bits per heavy atom. The molecule has 1 amide bonds. The van der Waals surface area contributed by atoms with Crippen LogP contribution < -0.4 is 0 Å². The lowest BCUT2D eigenvalue weighted by molar-refractivity contribution is -0.121. The number of aromatic nitrogens is 3. The van der Waals surface area contributed by atoms with E-state index in [0.29, 0.717) is 19.1 Å². The van der Waals surface area contributed by atoms with Crippen molar-refractivity contribution in [2.75, 3.05) is 26.3 Å². The maximum Gasteiger partial charge on any atom is 0.209 e. The first-order chi connectivity index (χ1) is 16.5. The van der Waals surface area contributed by atoms with Crippen LogP contribution in [0.2, 0.25) is 5.02 Å².